The van der Waals surface area contributed by atoms with Crippen molar-refractivity contribution >= 4 is 16.9 Å². The maximum absolute atomic E-state index is 14.0. The van der Waals surface area contributed by atoms with E-state index in [2.05, 4.69) is 14.5 Å². The molecule has 1 saturated heterocycles. The molecule has 1 aromatic carbocycles. The number of pyridine rings is 1. The Balaban J connectivity index is 1.52. The zero-order valence-corrected chi connectivity index (χ0v) is 19.0. The van der Waals surface area contributed by atoms with Gasteiger partial charge in [-0.3, -0.25) is 10.0 Å². The predicted octanol–water partition coefficient (Wildman–Crippen LogP) is 3.70. The van der Waals surface area contributed by atoms with E-state index in [1.165, 1.54) is 0 Å². The maximum Gasteiger partial charge on any atom is 0.274 e. The molecule has 1 unspecified atom stereocenters. The fourth-order valence-electron chi connectivity index (χ4n) is 4.70. The Morgan fingerprint density at radius 1 is 1.24 bits per heavy atom. The third kappa shape index (κ3) is 5.40. The van der Waals surface area contributed by atoms with E-state index >= 15 is 0 Å². The molecule has 3 N–H and O–H groups in total. The van der Waals surface area contributed by atoms with Crippen LogP contribution in [0.1, 0.15) is 54.3 Å². The molecule has 0 saturated carbocycles. The number of carbonyl (C=O) groups is 1. The van der Waals surface area contributed by atoms with Gasteiger partial charge in [-0.1, -0.05) is 12.1 Å². The van der Waals surface area contributed by atoms with Crippen LogP contribution in [0.5, 0.6) is 0 Å². The average Bonchev–Trinajstić information content (AvgIpc) is 3.17. The van der Waals surface area contributed by atoms with Crippen LogP contribution in [0.3, 0.4) is 0 Å². The number of benzene rings is 1. The highest BCUT2D eigenvalue weighted by Crippen LogP contribution is 2.31. The number of rotatable bonds is 7. The zero-order valence-electron chi connectivity index (χ0n) is 19.0. The van der Waals surface area contributed by atoms with Crippen molar-refractivity contribution < 1.29 is 19.5 Å². The molecule has 7 nitrogen and oxygen atoms in total. The van der Waals surface area contributed by atoms with Gasteiger partial charge in [-0.05, 0) is 75.5 Å². The van der Waals surface area contributed by atoms with Crippen molar-refractivity contribution in [2.75, 3.05) is 19.6 Å². The van der Waals surface area contributed by atoms with Crippen molar-refractivity contribution in [3.05, 3.63) is 65.5 Å². The van der Waals surface area contributed by atoms with E-state index in [1.54, 1.807) is 49.8 Å². The molecule has 1 atom stereocenters. The molecule has 1 aliphatic heterocycles. The molecule has 1 amide bonds. The van der Waals surface area contributed by atoms with Gasteiger partial charge in [-0.25, -0.2) is 14.9 Å². The summed E-state index contributed by atoms with van der Waals surface area (Å²) < 4.78 is 16.1. The van der Waals surface area contributed by atoms with Crippen LogP contribution in [0.15, 0.2) is 48.8 Å². The lowest BCUT2D eigenvalue weighted by atomic mass is 9.96. The minimum atomic E-state index is -1.18. The van der Waals surface area contributed by atoms with E-state index in [0.717, 1.165) is 49.1 Å². The van der Waals surface area contributed by atoms with Crippen LogP contribution in [0.4, 0.5) is 4.39 Å². The highest BCUT2D eigenvalue weighted by molar-refractivity contribution is 5.93. The first kappa shape index (κ1) is 23.4. The summed E-state index contributed by atoms with van der Waals surface area (Å²) in [5, 5.41) is 20.8. The second-order valence-corrected chi connectivity index (χ2v) is 9.52. The number of amides is 1. The Labute approximate surface area is 192 Å². The number of nitrogens with one attached hydrogen (secondary N) is 1. The topological polar surface area (TPSA) is 90.6 Å². The molecule has 0 bridgehead atoms. The van der Waals surface area contributed by atoms with Crippen LogP contribution >= 0.6 is 0 Å². The highest BCUT2D eigenvalue weighted by atomic mass is 19.1. The van der Waals surface area contributed by atoms with E-state index in [9.17, 15) is 14.3 Å². The van der Waals surface area contributed by atoms with Gasteiger partial charge in [0.05, 0.1) is 0 Å². The van der Waals surface area contributed by atoms with Gasteiger partial charge < -0.3 is 14.6 Å². The van der Waals surface area contributed by atoms with Gasteiger partial charge >= 0.3 is 0 Å². The van der Waals surface area contributed by atoms with Gasteiger partial charge in [-0.15, -0.1) is 0 Å². The summed E-state index contributed by atoms with van der Waals surface area (Å²) in [5.74, 6) is -0.138. The molecule has 1 fully saturated rings. The number of nitrogens with zero attached hydrogens (tertiary/aromatic N) is 3. The molecule has 3 aromatic rings. The Hall–Kier alpha value is -2.81. The first-order valence-corrected chi connectivity index (χ1v) is 11.3. The number of alkyl halides is 1. The Morgan fingerprint density at radius 3 is 2.58 bits per heavy atom. The lowest BCUT2D eigenvalue weighted by Gasteiger charge is -2.34. The minimum Gasteiger partial charge on any atom is -0.384 e. The standard InChI is InChI=1S/C25H31FN4O3/c1-25(2,26)16-29-12-9-17(10-13-29)14-30-15-21(20-4-3-11-27-23(20)30)22(31)18-5-7-19(8-6-18)24(32)28-33/h3-8,11,15,17,22,31,33H,9-10,12-14,16H2,1-2H3,(H,28,32). The van der Waals surface area contributed by atoms with Gasteiger partial charge in [0.1, 0.15) is 17.4 Å². The molecule has 33 heavy (non-hydrogen) atoms. The predicted molar refractivity (Wildman–Crippen MR) is 124 cm³/mol. The number of hydrogen-bond donors (Lipinski definition) is 3. The smallest absolute Gasteiger partial charge is 0.274 e. The molecule has 1 aliphatic rings. The third-order valence-electron chi connectivity index (χ3n) is 6.31. The molecule has 2 aromatic heterocycles. The first-order chi connectivity index (χ1) is 15.7. The molecular formula is C25H31FN4O3. The number of aromatic nitrogens is 2. The highest BCUT2D eigenvalue weighted by Gasteiger charge is 2.26. The number of aliphatic hydroxyl groups is 1. The summed E-state index contributed by atoms with van der Waals surface area (Å²) in [5.41, 5.74) is 2.97. The van der Waals surface area contributed by atoms with Crippen LogP contribution in [0.2, 0.25) is 0 Å². The number of piperidine rings is 1. The fraction of sp³-hybridized carbons (Fsp3) is 0.440. The lowest BCUT2D eigenvalue weighted by molar-refractivity contribution is 0.0706. The van der Waals surface area contributed by atoms with Crippen LogP contribution < -0.4 is 5.48 Å². The summed E-state index contributed by atoms with van der Waals surface area (Å²) >= 11 is 0. The van der Waals surface area contributed by atoms with E-state index in [4.69, 9.17) is 5.21 Å². The third-order valence-corrected chi connectivity index (χ3v) is 6.31. The largest absolute Gasteiger partial charge is 0.384 e. The number of hydroxylamine groups is 1. The van der Waals surface area contributed by atoms with Crippen molar-refractivity contribution in [3.63, 3.8) is 0 Å². The average molecular weight is 455 g/mol. The van der Waals surface area contributed by atoms with Gasteiger partial charge in [0, 0.05) is 42.0 Å². The van der Waals surface area contributed by atoms with E-state index in [1.807, 2.05) is 18.3 Å². The number of likely N-dealkylation sites (tertiary alicyclic amines) is 1. The van der Waals surface area contributed by atoms with Crippen LogP contribution in [0, 0.1) is 5.92 Å². The second kappa shape index (κ2) is 9.59. The maximum atomic E-state index is 14.0. The lowest BCUT2D eigenvalue weighted by Crippen LogP contribution is -2.41. The van der Waals surface area contributed by atoms with Gasteiger partial charge in [-0.2, -0.15) is 0 Å². The second-order valence-electron chi connectivity index (χ2n) is 9.52. The molecule has 4 rings (SSSR count). The van der Waals surface area contributed by atoms with Crippen LogP contribution in [0.25, 0.3) is 11.0 Å². The summed E-state index contributed by atoms with van der Waals surface area (Å²) in [6, 6.07) is 10.3. The normalized spacial score (nSPS) is 16.8. The van der Waals surface area contributed by atoms with Gasteiger partial charge in [0.15, 0.2) is 0 Å². The van der Waals surface area contributed by atoms with Crippen LogP contribution in [-0.2, 0) is 6.54 Å². The summed E-state index contributed by atoms with van der Waals surface area (Å²) in [4.78, 5) is 18.3. The number of aliphatic hydroxyl groups excluding tert-OH is 1. The van der Waals surface area contributed by atoms with E-state index in [-0.39, 0.29) is 0 Å². The fourth-order valence-corrected chi connectivity index (χ4v) is 4.70. The molecule has 3 heterocycles. The first-order valence-electron chi connectivity index (χ1n) is 11.3. The van der Waals surface area contributed by atoms with Crippen LogP contribution in [-0.4, -0.2) is 56.0 Å². The Bertz CT molecular complexity index is 1100. The zero-order chi connectivity index (χ0) is 23.6. The van der Waals surface area contributed by atoms with Crippen molar-refractivity contribution in [2.24, 2.45) is 5.92 Å². The number of fused-ring (bicyclic) bond motifs is 1. The Morgan fingerprint density at radius 2 is 1.94 bits per heavy atom. The molecular weight excluding hydrogens is 423 g/mol. The summed E-state index contributed by atoms with van der Waals surface area (Å²) in [7, 11) is 0. The van der Waals surface area contributed by atoms with Crippen molar-refractivity contribution in [1.82, 2.24) is 19.9 Å². The molecule has 176 valence electrons. The van der Waals surface area contributed by atoms with E-state index < -0.39 is 17.7 Å². The SMILES string of the molecule is CC(C)(F)CN1CCC(Cn2cc(C(O)c3ccc(C(=O)NO)cc3)c3cccnc32)CC1. The molecule has 0 radical (unpaired) electrons. The monoisotopic (exact) mass is 454 g/mol. The van der Waals surface area contributed by atoms with E-state index in [0.29, 0.717) is 23.6 Å². The number of carbonyl (C=O) groups excluding carboxylic acids is 1. The molecule has 8 heteroatoms. The van der Waals surface area contributed by atoms with Crippen molar-refractivity contribution in [3.8, 4) is 0 Å². The number of halogens is 1. The molecule has 0 spiro atoms. The number of hydrogen-bond acceptors (Lipinski definition) is 5. The van der Waals surface area contributed by atoms with Gasteiger partial charge in [0.2, 0.25) is 0 Å². The van der Waals surface area contributed by atoms with Crippen molar-refractivity contribution in [2.45, 2.75) is 45.0 Å². The molecule has 0 aliphatic carbocycles. The summed E-state index contributed by atoms with van der Waals surface area (Å²) in [6.45, 7) is 6.27. The summed E-state index contributed by atoms with van der Waals surface area (Å²) in [6.07, 6.45) is 4.83. The van der Waals surface area contributed by atoms with Crippen molar-refractivity contribution in [1.29, 1.82) is 0 Å². The van der Waals surface area contributed by atoms with Gasteiger partial charge in [0.25, 0.3) is 5.91 Å². The quantitative estimate of drug-likeness (QED) is 0.374. The minimum absolute atomic E-state index is 0.306. The Kier molecular flexibility index (Phi) is 6.78.